The normalized spacial score (nSPS) is 31.1. The van der Waals surface area contributed by atoms with E-state index in [1.165, 1.54) is 25.7 Å². The molecule has 1 amide bonds. The number of hydrogen-bond donors (Lipinski definition) is 2. The number of amides is 1. The first-order chi connectivity index (χ1) is 8.24. The van der Waals surface area contributed by atoms with Crippen LogP contribution in [0.15, 0.2) is 0 Å². The molecule has 18 heavy (non-hydrogen) atoms. The zero-order chi connectivity index (χ0) is 12.1. The molecule has 106 valence electrons. The lowest BCUT2D eigenvalue weighted by Gasteiger charge is -2.12. The van der Waals surface area contributed by atoms with E-state index in [0.717, 1.165) is 44.3 Å². The van der Waals surface area contributed by atoms with Gasteiger partial charge in [-0.2, -0.15) is 0 Å². The van der Waals surface area contributed by atoms with Crippen LogP contribution in [0.4, 0.5) is 0 Å². The Kier molecular flexibility index (Phi) is 7.02. The fourth-order valence-corrected chi connectivity index (χ4v) is 3.22. The van der Waals surface area contributed by atoms with Gasteiger partial charge >= 0.3 is 0 Å². The van der Waals surface area contributed by atoms with Gasteiger partial charge in [0.05, 0.1) is 0 Å². The standard InChI is InChI=1S/C14H26N2O.ClH/c1-11-2-3-13(8-11)9-14(17)16-7-5-12-4-6-15-10-12;/h11-13,15H,2-10H2,1H3,(H,16,17);1H. The van der Waals surface area contributed by atoms with E-state index in [4.69, 9.17) is 0 Å². The molecule has 2 aliphatic rings. The van der Waals surface area contributed by atoms with E-state index < -0.39 is 0 Å². The second-order valence-corrected chi connectivity index (χ2v) is 5.99. The molecule has 3 atom stereocenters. The summed E-state index contributed by atoms with van der Waals surface area (Å²) in [4.78, 5) is 11.8. The van der Waals surface area contributed by atoms with Crippen molar-refractivity contribution in [2.75, 3.05) is 19.6 Å². The molecule has 0 aromatic heterocycles. The largest absolute Gasteiger partial charge is 0.356 e. The molecule has 0 radical (unpaired) electrons. The van der Waals surface area contributed by atoms with Crippen molar-refractivity contribution in [1.82, 2.24) is 10.6 Å². The van der Waals surface area contributed by atoms with Gasteiger partial charge in [-0.05, 0) is 56.5 Å². The van der Waals surface area contributed by atoms with E-state index in [1.54, 1.807) is 0 Å². The number of nitrogens with one attached hydrogen (secondary N) is 2. The fraction of sp³-hybridized carbons (Fsp3) is 0.929. The second-order valence-electron chi connectivity index (χ2n) is 5.99. The Morgan fingerprint density at radius 1 is 1.28 bits per heavy atom. The quantitative estimate of drug-likeness (QED) is 0.808. The Labute approximate surface area is 117 Å². The van der Waals surface area contributed by atoms with Gasteiger partial charge in [-0.25, -0.2) is 0 Å². The smallest absolute Gasteiger partial charge is 0.220 e. The third kappa shape index (κ3) is 5.15. The molecule has 3 unspecified atom stereocenters. The number of hydrogen-bond acceptors (Lipinski definition) is 2. The SMILES string of the molecule is CC1CCC(CC(=O)NCCC2CCNC2)C1.Cl. The van der Waals surface area contributed by atoms with Gasteiger partial charge in [0.15, 0.2) is 0 Å². The molecule has 0 bridgehead atoms. The van der Waals surface area contributed by atoms with Crippen LogP contribution in [-0.4, -0.2) is 25.5 Å². The summed E-state index contributed by atoms with van der Waals surface area (Å²) in [6.45, 7) is 5.45. The summed E-state index contributed by atoms with van der Waals surface area (Å²) in [5.74, 6) is 2.53. The molecular formula is C14H27ClN2O. The van der Waals surface area contributed by atoms with Crippen molar-refractivity contribution in [1.29, 1.82) is 0 Å². The van der Waals surface area contributed by atoms with Crippen molar-refractivity contribution >= 4 is 18.3 Å². The molecular weight excluding hydrogens is 248 g/mol. The third-order valence-electron chi connectivity index (χ3n) is 4.31. The maximum atomic E-state index is 11.8. The van der Waals surface area contributed by atoms with Crippen molar-refractivity contribution in [3.63, 3.8) is 0 Å². The number of carbonyl (C=O) groups is 1. The Hall–Kier alpha value is -0.280. The summed E-state index contributed by atoms with van der Waals surface area (Å²) in [6, 6.07) is 0. The molecule has 0 spiro atoms. The molecule has 1 aliphatic heterocycles. The Morgan fingerprint density at radius 2 is 2.11 bits per heavy atom. The summed E-state index contributed by atoms with van der Waals surface area (Å²) in [7, 11) is 0. The minimum atomic E-state index is 0. The molecule has 0 aromatic rings. The van der Waals surface area contributed by atoms with Crippen LogP contribution >= 0.6 is 12.4 Å². The molecule has 1 saturated carbocycles. The van der Waals surface area contributed by atoms with Crippen molar-refractivity contribution in [2.45, 2.75) is 45.4 Å². The Balaban J connectivity index is 0.00000162. The van der Waals surface area contributed by atoms with E-state index in [-0.39, 0.29) is 18.3 Å². The van der Waals surface area contributed by atoms with E-state index in [1.807, 2.05) is 0 Å². The van der Waals surface area contributed by atoms with Gasteiger partial charge in [0, 0.05) is 13.0 Å². The highest BCUT2D eigenvalue weighted by Crippen LogP contribution is 2.32. The van der Waals surface area contributed by atoms with Crippen molar-refractivity contribution in [3.8, 4) is 0 Å². The number of carbonyl (C=O) groups excluding carboxylic acids is 1. The Morgan fingerprint density at radius 3 is 2.72 bits per heavy atom. The molecule has 1 saturated heterocycles. The van der Waals surface area contributed by atoms with Crippen molar-refractivity contribution < 1.29 is 4.79 Å². The van der Waals surface area contributed by atoms with Crippen molar-refractivity contribution in [3.05, 3.63) is 0 Å². The zero-order valence-corrected chi connectivity index (χ0v) is 12.2. The molecule has 1 heterocycles. The summed E-state index contributed by atoms with van der Waals surface area (Å²) in [5, 5.41) is 6.45. The van der Waals surface area contributed by atoms with Gasteiger partial charge in [0.25, 0.3) is 0 Å². The third-order valence-corrected chi connectivity index (χ3v) is 4.31. The zero-order valence-electron chi connectivity index (χ0n) is 11.4. The van der Waals surface area contributed by atoms with Gasteiger partial charge in [0.2, 0.25) is 5.91 Å². The first-order valence-corrected chi connectivity index (χ1v) is 7.21. The van der Waals surface area contributed by atoms with E-state index in [9.17, 15) is 4.79 Å². The van der Waals surface area contributed by atoms with E-state index in [2.05, 4.69) is 17.6 Å². The minimum absolute atomic E-state index is 0. The molecule has 4 heteroatoms. The lowest BCUT2D eigenvalue weighted by atomic mass is 10.0. The Bertz CT molecular complexity index is 254. The van der Waals surface area contributed by atoms with Crippen LogP contribution in [0.2, 0.25) is 0 Å². The summed E-state index contributed by atoms with van der Waals surface area (Å²) in [6.07, 6.45) is 6.98. The first-order valence-electron chi connectivity index (χ1n) is 7.21. The van der Waals surface area contributed by atoms with Crippen LogP contribution in [0.3, 0.4) is 0 Å². The average molecular weight is 275 g/mol. The van der Waals surface area contributed by atoms with E-state index >= 15 is 0 Å². The van der Waals surface area contributed by atoms with E-state index in [0.29, 0.717) is 5.92 Å². The van der Waals surface area contributed by atoms with Gasteiger partial charge in [0.1, 0.15) is 0 Å². The molecule has 1 aliphatic carbocycles. The number of halogens is 1. The summed E-state index contributed by atoms with van der Waals surface area (Å²) in [5.41, 5.74) is 0. The fourth-order valence-electron chi connectivity index (χ4n) is 3.22. The summed E-state index contributed by atoms with van der Waals surface area (Å²) < 4.78 is 0. The monoisotopic (exact) mass is 274 g/mol. The van der Waals surface area contributed by atoms with Crippen LogP contribution in [0.5, 0.6) is 0 Å². The van der Waals surface area contributed by atoms with Gasteiger partial charge in [-0.1, -0.05) is 13.3 Å². The van der Waals surface area contributed by atoms with Crippen LogP contribution < -0.4 is 10.6 Å². The number of rotatable bonds is 5. The maximum Gasteiger partial charge on any atom is 0.220 e. The predicted octanol–water partition coefficient (Wildman–Crippen LogP) is 2.35. The summed E-state index contributed by atoms with van der Waals surface area (Å²) >= 11 is 0. The lowest BCUT2D eigenvalue weighted by Crippen LogP contribution is -2.27. The minimum Gasteiger partial charge on any atom is -0.356 e. The molecule has 0 aromatic carbocycles. The highest BCUT2D eigenvalue weighted by Gasteiger charge is 2.23. The van der Waals surface area contributed by atoms with Crippen LogP contribution in [0, 0.1) is 17.8 Å². The molecule has 2 fully saturated rings. The molecule has 2 N–H and O–H groups in total. The topological polar surface area (TPSA) is 41.1 Å². The van der Waals surface area contributed by atoms with Gasteiger partial charge in [-0.15, -0.1) is 12.4 Å². The van der Waals surface area contributed by atoms with Crippen molar-refractivity contribution in [2.24, 2.45) is 17.8 Å². The average Bonchev–Trinajstić information content (AvgIpc) is 2.90. The van der Waals surface area contributed by atoms with Crippen LogP contribution in [0.1, 0.15) is 45.4 Å². The highest BCUT2D eigenvalue weighted by molar-refractivity contribution is 5.85. The molecule has 2 rings (SSSR count). The lowest BCUT2D eigenvalue weighted by molar-refractivity contribution is -0.122. The maximum absolute atomic E-state index is 11.8. The predicted molar refractivity (Wildman–Crippen MR) is 77.0 cm³/mol. The second kappa shape index (κ2) is 8.00. The van der Waals surface area contributed by atoms with Crippen LogP contribution in [-0.2, 0) is 4.79 Å². The van der Waals surface area contributed by atoms with Gasteiger partial charge in [-0.3, -0.25) is 4.79 Å². The first kappa shape index (κ1) is 15.8. The van der Waals surface area contributed by atoms with Gasteiger partial charge < -0.3 is 10.6 Å². The highest BCUT2D eigenvalue weighted by atomic mass is 35.5. The molecule has 3 nitrogen and oxygen atoms in total. The van der Waals surface area contributed by atoms with Crippen LogP contribution in [0.25, 0.3) is 0 Å².